The Labute approximate surface area is 336 Å². The molecule has 4 aromatic carbocycles. The summed E-state index contributed by atoms with van der Waals surface area (Å²) < 4.78 is 105. The molecular formula is C48H52BN3S. The third kappa shape index (κ3) is 5.24. The van der Waals surface area contributed by atoms with Gasteiger partial charge < -0.3 is 4.90 Å². The molecule has 0 radical (unpaired) electrons. The van der Waals surface area contributed by atoms with E-state index in [-0.39, 0.29) is 94.2 Å². The van der Waals surface area contributed by atoms with Crippen LogP contribution in [-0.4, -0.2) is 11.7 Å². The Bertz CT molecular complexity index is 3060. The molecule has 0 spiro atoms. The molecule has 0 saturated heterocycles. The average molecular weight is 725 g/mol. The van der Waals surface area contributed by atoms with E-state index in [2.05, 4.69) is 39.8 Å². The van der Waals surface area contributed by atoms with Gasteiger partial charge in [-0.3, -0.25) is 4.90 Å². The molecule has 3 nitrogen and oxygen atoms in total. The fourth-order valence-electron chi connectivity index (χ4n) is 8.32. The zero-order valence-corrected chi connectivity index (χ0v) is 33.4. The predicted molar refractivity (Wildman–Crippen MR) is 231 cm³/mol. The minimum absolute atomic E-state index is 0.0218. The fraction of sp³-hybridized carbons (Fsp3) is 0.354. The molecular weight excluding hydrogens is 661 g/mol. The summed E-state index contributed by atoms with van der Waals surface area (Å²) in [6.45, 7) is 21.1. The summed E-state index contributed by atoms with van der Waals surface area (Å²) in [6, 6.07) is 5.47. The number of benzene rings is 4. The Morgan fingerprint density at radius 2 is 1.40 bits per heavy atom. The molecule has 0 amide bonds. The second-order valence-corrected chi connectivity index (χ2v) is 19.4. The van der Waals surface area contributed by atoms with Gasteiger partial charge in [0, 0.05) is 43.3 Å². The highest BCUT2D eigenvalue weighted by atomic mass is 32.1. The molecule has 0 N–H and O–H groups in total. The summed E-state index contributed by atoms with van der Waals surface area (Å²) >= 11 is 1.22. The highest BCUT2D eigenvalue weighted by molar-refractivity contribution is 7.33. The number of aryl methyl sites for hydroxylation is 1. The molecule has 3 aliphatic rings. The molecule has 53 heavy (non-hydrogen) atoms. The normalized spacial score (nSPS) is 19.9. The smallest absolute Gasteiger partial charge is 0.266 e. The van der Waals surface area contributed by atoms with Crippen molar-refractivity contribution in [1.29, 1.82) is 0 Å². The Kier molecular flexibility index (Phi) is 5.16. The average Bonchev–Trinajstić information content (AvgIpc) is 3.59. The number of hydrogen-bond acceptors (Lipinski definition) is 4. The van der Waals surface area contributed by atoms with Crippen LogP contribution in [0.5, 0.6) is 0 Å². The highest BCUT2D eigenvalue weighted by Crippen LogP contribution is 2.51. The van der Waals surface area contributed by atoms with Gasteiger partial charge in [0.05, 0.1) is 20.8 Å². The number of fused-ring (bicyclic) bond motifs is 7. The van der Waals surface area contributed by atoms with E-state index in [9.17, 15) is 12.3 Å². The molecule has 1 aliphatic carbocycles. The van der Waals surface area contributed by atoms with Crippen molar-refractivity contribution in [2.24, 2.45) is 0 Å². The van der Waals surface area contributed by atoms with E-state index >= 15 is 0 Å². The number of thiophene rings is 1. The number of anilines is 6. The number of pyridine rings is 1. The SMILES string of the molecule is [2H]c1c([2H])c(C(C)(C)C)c([2H])c([2H])c1N1c2cc(C)nc3c2B(c2sc4c([2H])c([2H])c([2H])c([2H])c4c2N3c2ccc3c(c2)C(C)(C)CCC3(C)C)c2c([2H])c(C(C)(C)C)c([2H])c([2H])c21. The second kappa shape index (κ2) is 11.3. The van der Waals surface area contributed by atoms with Crippen molar-refractivity contribution in [3.8, 4) is 0 Å². The van der Waals surface area contributed by atoms with Gasteiger partial charge >= 0.3 is 0 Å². The summed E-state index contributed by atoms with van der Waals surface area (Å²) in [7, 11) is 0. The maximum Gasteiger partial charge on any atom is 0.266 e. The number of rotatable bonds is 2. The summed E-state index contributed by atoms with van der Waals surface area (Å²) in [6.07, 6.45) is 1.96. The Morgan fingerprint density at radius 1 is 0.736 bits per heavy atom. The van der Waals surface area contributed by atoms with E-state index in [1.54, 1.807) is 11.0 Å². The predicted octanol–water partition coefficient (Wildman–Crippen LogP) is 11.6. The molecule has 9 rings (SSSR count). The molecule has 0 bridgehead atoms. The first kappa shape index (κ1) is 24.1. The standard InChI is InChI=1S/C48H52BN3S/c1-29-26-39-41-44(50-29)52(33-21-22-35-36(28-33)48(10,11)25-24-47(35,8)9)42-34-14-12-13-15-40(34)53-43(42)49(41)37-27-31(46(5,6)7)18-23-38(37)51(39)32-19-16-30(17-20-32)45(2,3)4/h12-23,26-28H,24-25H2,1-11H3/i12D,13D,14D,15D,16D,17D,18D,19D,20D,23D,27D. The van der Waals surface area contributed by atoms with Crippen LogP contribution in [0.3, 0.4) is 0 Å². The van der Waals surface area contributed by atoms with Gasteiger partial charge in [-0.2, -0.15) is 0 Å². The van der Waals surface area contributed by atoms with Gasteiger partial charge in [-0.05, 0) is 117 Å². The van der Waals surface area contributed by atoms with Crippen LogP contribution in [0.25, 0.3) is 10.1 Å². The van der Waals surface area contributed by atoms with Crippen LogP contribution in [0.4, 0.5) is 34.3 Å². The molecule has 0 unspecified atom stereocenters. The van der Waals surface area contributed by atoms with Gasteiger partial charge in [0.2, 0.25) is 0 Å². The molecule has 5 heteroatoms. The lowest BCUT2D eigenvalue weighted by atomic mass is 9.36. The monoisotopic (exact) mass is 724 g/mol. The lowest BCUT2D eigenvalue weighted by molar-refractivity contribution is 0.332. The van der Waals surface area contributed by atoms with E-state index in [0.29, 0.717) is 54.2 Å². The van der Waals surface area contributed by atoms with Gasteiger partial charge in [0.15, 0.2) is 0 Å². The van der Waals surface area contributed by atoms with Crippen LogP contribution in [0.15, 0.2) is 90.7 Å². The highest BCUT2D eigenvalue weighted by Gasteiger charge is 2.47. The Morgan fingerprint density at radius 3 is 2.09 bits per heavy atom. The maximum absolute atomic E-state index is 10.2. The van der Waals surface area contributed by atoms with Gasteiger partial charge in [-0.15, -0.1) is 11.3 Å². The van der Waals surface area contributed by atoms with Crippen molar-refractivity contribution >= 4 is 78.1 Å². The van der Waals surface area contributed by atoms with Gasteiger partial charge in [-0.25, -0.2) is 4.98 Å². The molecule has 4 heterocycles. The van der Waals surface area contributed by atoms with Crippen molar-refractivity contribution < 1.29 is 15.1 Å². The topological polar surface area (TPSA) is 19.4 Å². The zero-order valence-electron chi connectivity index (χ0n) is 43.6. The van der Waals surface area contributed by atoms with E-state index < -0.39 is 17.5 Å². The Balaban J connectivity index is 1.51. The number of aromatic nitrogens is 1. The summed E-state index contributed by atoms with van der Waals surface area (Å²) in [5, 5.41) is 0.311. The van der Waals surface area contributed by atoms with Crippen LogP contribution in [0.2, 0.25) is 0 Å². The van der Waals surface area contributed by atoms with Gasteiger partial charge in [0.25, 0.3) is 6.71 Å². The van der Waals surface area contributed by atoms with Crippen molar-refractivity contribution in [2.75, 3.05) is 9.80 Å². The van der Waals surface area contributed by atoms with E-state index in [1.807, 2.05) is 59.4 Å². The second-order valence-electron chi connectivity index (χ2n) is 18.4. The minimum Gasteiger partial charge on any atom is -0.311 e. The molecule has 2 aromatic heterocycles. The van der Waals surface area contributed by atoms with Gasteiger partial charge in [-0.1, -0.05) is 118 Å². The van der Waals surface area contributed by atoms with Crippen molar-refractivity contribution in [1.82, 2.24) is 4.98 Å². The van der Waals surface area contributed by atoms with Crippen LogP contribution >= 0.6 is 11.3 Å². The molecule has 0 atom stereocenters. The van der Waals surface area contributed by atoms with Crippen LogP contribution in [0.1, 0.15) is 125 Å². The molecule has 2 aliphatic heterocycles. The first-order valence-corrected chi connectivity index (χ1v) is 19.4. The van der Waals surface area contributed by atoms with Crippen molar-refractivity contribution in [3.63, 3.8) is 0 Å². The first-order valence-electron chi connectivity index (χ1n) is 24.1. The minimum atomic E-state index is -0.885. The number of nitrogens with zero attached hydrogens (tertiary/aromatic N) is 3. The van der Waals surface area contributed by atoms with Crippen LogP contribution in [-0.2, 0) is 21.7 Å². The molecule has 0 fully saturated rings. The third-order valence-electron chi connectivity index (χ3n) is 11.5. The molecule has 268 valence electrons. The first-order chi connectivity index (χ1) is 29.5. The van der Waals surface area contributed by atoms with Crippen molar-refractivity contribution in [2.45, 2.75) is 111 Å². The summed E-state index contributed by atoms with van der Waals surface area (Å²) in [5.74, 6) is 0.419. The largest absolute Gasteiger partial charge is 0.311 e. The van der Waals surface area contributed by atoms with Crippen LogP contribution < -0.4 is 25.5 Å². The Hall–Kier alpha value is -4.35. The van der Waals surface area contributed by atoms with E-state index in [4.69, 9.17) is 7.73 Å². The molecule has 6 aromatic rings. The van der Waals surface area contributed by atoms with Crippen molar-refractivity contribution in [3.05, 3.63) is 119 Å². The quantitative estimate of drug-likeness (QED) is 0.166. The van der Waals surface area contributed by atoms with Gasteiger partial charge in [0.1, 0.15) is 5.82 Å². The fourth-order valence-corrected chi connectivity index (χ4v) is 9.54. The lowest BCUT2D eigenvalue weighted by Gasteiger charge is -2.44. The summed E-state index contributed by atoms with van der Waals surface area (Å²) in [4.78, 5) is 8.82. The lowest BCUT2D eigenvalue weighted by Crippen LogP contribution is -2.61. The zero-order chi connectivity index (χ0) is 47.0. The van der Waals surface area contributed by atoms with E-state index in [0.717, 1.165) is 24.1 Å². The number of hydrogen-bond donors (Lipinski definition) is 0. The van der Waals surface area contributed by atoms with E-state index in [1.165, 1.54) is 16.9 Å². The maximum atomic E-state index is 10.2. The van der Waals surface area contributed by atoms with Crippen LogP contribution in [0, 0.1) is 6.92 Å². The third-order valence-corrected chi connectivity index (χ3v) is 12.6. The molecule has 0 saturated carbocycles. The summed E-state index contributed by atoms with van der Waals surface area (Å²) in [5.41, 5.74) is 4.09.